The first-order valence-electron chi connectivity index (χ1n) is 5.58. The Hall–Kier alpha value is -2.36. The summed E-state index contributed by atoms with van der Waals surface area (Å²) >= 11 is 0. The van der Waals surface area contributed by atoms with Crippen molar-refractivity contribution >= 4 is 17.6 Å². The Morgan fingerprint density at radius 1 is 1.33 bits per heavy atom. The van der Waals surface area contributed by atoms with E-state index in [1.807, 2.05) is 32.2 Å². The van der Waals surface area contributed by atoms with Crippen LogP contribution in [0.4, 0.5) is 0 Å². The summed E-state index contributed by atoms with van der Waals surface area (Å²) in [5, 5.41) is 13.5. The molecule has 0 aliphatic rings. The van der Waals surface area contributed by atoms with E-state index in [-0.39, 0.29) is 5.57 Å². The summed E-state index contributed by atoms with van der Waals surface area (Å²) < 4.78 is 1.67. The largest absolute Gasteiger partial charge is 0.478 e. The summed E-state index contributed by atoms with van der Waals surface area (Å²) in [4.78, 5) is 11.3. The molecule has 0 saturated carbocycles. The van der Waals surface area contributed by atoms with Crippen LogP contribution in [-0.4, -0.2) is 20.9 Å². The number of carbonyl (C=O) groups is 1. The number of carboxylic acid groups (broad SMARTS) is 1. The van der Waals surface area contributed by atoms with E-state index in [2.05, 4.69) is 5.10 Å². The van der Waals surface area contributed by atoms with Gasteiger partial charge in [0.15, 0.2) is 0 Å². The normalized spacial score (nSPS) is 11.6. The van der Waals surface area contributed by atoms with Crippen LogP contribution in [0.1, 0.15) is 16.8 Å². The Morgan fingerprint density at radius 2 is 2.00 bits per heavy atom. The number of aryl methyl sites for hydroxylation is 2. The molecule has 1 heterocycles. The number of hydrogen-bond acceptors (Lipinski definition) is 2. The summed E-state index contributed by atoms with van der Waals surface area (Å²) in [5.74, 6) is -0.940. The molecule has 0 aliphatic heterocycles. The van der Waals surface area contributed by atoms with Gasteiger partial charge >= 0.3 is 5.97 Å². The molecular formula is C14H14N2O2. The molecule has 0 spiro atoms. The molecule has 0 atom stereocenters. The second-order valence-electron chi connectivity index (χ2n) is 4.07. The number of hydrogen-bond donors (Lipinski definition) is 1. The van der Waals surface area contributed by atoms with Gasteiger partial charge in [-0.25, -0.2) is 4.79 Å². The van der Waals surface area contributed by atoms with Crippen molar-refractivity contribution in [3.05, 3.63) is 53.3 Å². The smallest absolute Gasteiger partial charge is 0.336 e. The Morgan fingerprint density at radius 3 is 2.50 bits per heavy atom. The number of rotatable bonds is 3. The van der Waals surface area contributed by atoms with E-state index in [9.17, 15) is 9.90 Å². The van der Waals surface area contributed by atoms with Gasteiger partial charge < -0.3 is 5.11 Å². The first-order chi connectivity index (χ1) is 8.58. The van der Waals surface area contributed by atoms with Crippen LogP contribution in [0.25, 0.3) is 11.6 Å². The van der Waals surface area contributed by atoms with Crippen molar-refractivity contribution < 1.29 is 9.90 Å². The highest BCUT2D eigenvalue weighted by Gasteiger charge is 2.11. The number of aliphatic carboxylic acids is 1. The molecule has 92 valence electrons. The zero-order chi connectivity index (χ0) is 13.1. The predicted molar refractivity (Wildman–Crippen MR) is 69.9 cm³/mol. The average molecular weight is 242 g/mol. The van der Waals surface area contributed by atoms with Crippen molar-refractivity contribution in [1.29, 1.82) is 0 Å². The minimum absolute atomic E-state index is 0.270. The predicted octanol–water partition coefficient (Wildman–Crippen LogP) is 2.35. The molecule has 2 aromatic rings. The molecule has 2 rings (SSSR count). The molecule has 1 N–H and O–H groups in total. The fourth-order valence-electron chi connectivity index (χ4n) is 1.80. The minimum Gasteiger partial charge on any atom is -0.478 e. The van der Waals surface area contributed by atoms with Crippen molar-refractivity contribution in [1.82, 2.24) is 9.78 Å². The summed E-state index contributed by atoms with van der Waals surface area (Å²) in [6, 6.07) is 9.07. The summed E-state index contributed by atoms with van der Waals surface area (Å²) in [7, 11) is 1.81. The monoisotopic (exact) mass is 242 g/mol. The maximum Gasteiger partial charge on any atom is 0.336 e. The van der Waals surface area contributed by atoms with E-state index in [0.29, 0.717) is 5.56 Å². The molecule has 0 radical (unpaired) electrons. The Bertz CT molecular complexity index is 598. The summed E-state index contributed by atoms with van der Waals surface area (Å²) in [6.07, 6.45) is 3.46. The van der Waals surface area contributed by atoms with Crippen LogP contribution in [0.2, 0.25) is 0 Å². The summed E-state index contributed by atoms with van der Waals surface area (Å²) in [6.45, 7) is 1.86. The van der Waals surface area contributed by atoms with E-state index < -0.39 is 5.97 Å². The van der Waals surface area contributed by atoms with Crippen LogP contribution >= 0.6 is 0 Å². The van der Waals surface area contributed by atoms with Crippen LogP contribution in [0.3, 0.4) is 0 Å². The fourth-order valence-corrected chi connectivity index (χ4v) is 1.80. The van der Waals surface area contributed by atoms with Gasteiger partial charge in [-0.15, -0.1) is 0 Å². The maximum absolute atomic E-state index is 11.3. The second-order valence-corrected chi connectivity index (χ2v) is 4.07. The number of nitrogens with zero attached hydrogens (tertiary/aromatic N) is 2. The highest BCUT2D eigenvalue weighted by Crippen LogP contribution is 2.19. The molecule has 0 bridgehead atoms. The van der Waals surface area contributed by atoms with Gasteiger partial charge in [-0.3, -0.25) is 4.68 Å². The number of benzene rings is 1. The Balaban J connectivity index is 2.49. The molecule has 1 aromatic carbocycles. The molecule has 4 nitrogen and oxygen atoms in total. The molecule has 0 saturated heterocycles. The third-order valence-electron chi connectivity index (χ3n) is 2.67. The van der Waals surface area contributed by atoms with Gasteiger partial charge in [0.05, 0.1) is 11.3 Å². The SMILES string of the molecule is Cc1nn(C)cc1/C=C(/C(=O)O)c1ccccc1. The van der Waals surface area contributed by atoms with E-state index >= 15 is 0 Å². The lowest BCUT2D eigenvalue weighted by atomic mass is 10.0. The van der Waals surface area contributed by atoms with E-state index in [0.717, 1.165) is 11.3 Å². The topological polar surface area (TPSA) is 55.1 Å². The Kier molecular flexibility index (Phi) is 3.28. The lowest BCUT2D eigenvalue weighted by Crippen LogP contribution is -1.99. The first-order valence-corrected chi connectivity index (χ1v) is 5.58. The average Bonchev–Trinajstić information content (AvgIpc) is 2.65. The van der Waals surface area contributed by atoms with Gasteiger partial charge in [0, 0.05) is 18.8 Å². The quantitative estimate of drug-likeness (QED) is 0.840. The Labute approximate surface area is 105 Å². The van der Waals surface area contributed by atoms with Crippen LogP contribution in [0.5, 0.6) is 0 Å². The lowest BCUT2D eigenvalue weighted by molar-refractivity contribution is -0.130. The molecular weight excluding hydrogens is 228 g/mol. The molecule has 18 heavy (non-hydrogen) atoms. The number of aromatic nitrogens is 2. The fraction of sp³-hybridized carbons (Fsp3) is 0.143. The molecule has 0 fully saturated rings. The zero-order valence-corrected chi connectivity index (χ0v) is 10.3. The lowest BCUT2D eigenvalue weighted by Gasteiger charge is -2.01. The molecule has 4 heteroatoms. The van der Waals surface area contributed by atoms with Crippen molar-refractivity contribution in [2.75, 3.05) is 0 Å². The highest BCUT2D eigenvalue weighted by atomic mass is 16.4. The summed E-state index contributed by atoms with van der Waals surface area (Å²) in [5.41, 5.74) is 2.59. The van der Waals surface area contributed by atoms with Crippen molar-refractivity contribution in [3.8, 4) is 0 Å². The molecule has 1 aromatic heterocycles. The van der Waals surface area contributed by atoms with Gasteiger partial charge in [0.1, 0.15) is 0 Å². The molecule has 0 aliphatic carbocycles. The van der Waals surface area contributed by atoms with Gasteiger partial charge in [0.25, 0.3) is 0 Å². The molecule has 0 unspecified atom stereocenters. The first kappa shape index (κ1) is 12.1. The van der Waals surface area contributed by atoms with Crippen molar-refractivity contribution in [3.63, 3.8) is 0 Å². The third-order valence-corrected chi connectivity index (χ3v) is 2.67. The third kappa shape index (κ3) is 2.48. The van der Waals surface area contributed by atoms with Crippen molar-refractivity contribution in [2.45, 2.75) is 6.92 Å². The van der Waals surface area contributed by atoms with E-state index in [1.165, 1.54) is 0 Å². The highest BCUT2D eigenvalue weighted by molar-refractivity contribution is 6.20. The van der Waals surface area contributed by atoms with Crippen LogP contribution in [0.15, 0.2) is 36.5 Å². The standard InChI is InChI=1S/C14H14N2O2/c1-10-12(9-16(2)15-10)8-13(14(17)18)11-6-4-3-5-7-11/h3-9H,1-2H3,(H,17,18)/b13-8+. The van der Waals surface area contributed by atoms with Crippen LogP contribution in [0, 0.1) is 6.92 Å². The van der Waals surface area contributed by atoms with E-state index in [1.54, 1.807) is 29.1 Å². The van der Waals surface area contributed by atoms with Crippen molar-refractivity contribution in [2.24, 2.45) is 7.05 Å². The number of carboxylic acids is 1. The van der Waals surface area contributed by atoms with Gasteiger partial charge in [0.2, 0.25) is 0 Å². The van der Waals surface area contributed by atoms with Gasteiger partial charge in [-0.05, 0) is 18.6 Å². The van der Waals surface area contributed by atoms with E-state index in [4.69, 9.17) is 0 Å². The van der Waals surface area contributed by atoms with Crippen LogP contribution < -0.4 is 0 Å². The second kappa shape index (κ2) is 4.87. The van der Waals surface area contributed by atoms with Gasteiger partial charge in [-0.1, -0.05) is 30.3 Å². The maximum atomic E-state index is 11.3. The van der Waals surface area contributed by atoms with Gasteiger partial charge in [-0.2, -0.15) is 5.10 Å². The molecule has 0 amide bonds. The zero-order valence-electron chi connectivity index (χ0n) is 10.3. The van der Waals surface area contributed by atoms with Crippen LogP contribution in [-0.2, 0) is 11.8 Å². The minimum atomic E-state index is -0.940.